The number of carboxylic acids is 1. The molecule has 1 aromatic rings. The second kappa shape index (κ2) is 4.68. The van der Waals surface area contributed by atoms with E-state index in [4.69, 9.17) is 9.84 Å². The van der Waals surface area contributed by atoms with Gasteiger partial charge in [-0.3, -0.25) is 0 Å². The lowest BCUT2D eigenvalue weighted by Gasteiger charge is -2.23. The van der Waals surface area contributed by atoms with E-state index in [1.165, 1.54) is 0 Å². The number of aliphatic carboxylic acids is 1. The van der Waals surface area contributed by atoms with Crippen molar-refractivity contribution in [2.24, 2.45) is 0 Å². The minimum atomic E-state index is -0.908. The van der Waals surface area contributed by atoms with E-state index < -0.39 is 5.97 Å². The van der Waals surface area contributed by atoms with Crippen LogP contribution in [-0.2, 0) is 11.2 Å². The van der Waals surface area contributed by atoms with E-state index in [9.17, 15) is 4.79 Å². The zero-order valence-corrected chi connectivity index (χ0v) is 10.7. The molecule has 0 saturated carbocycles. The standard InChI is InChI=1S/C13H16N2O3/c1-4-18-12-10-5-9(13(16)17)8(3)15-11(10)7(2)6-14-12/h6,15H,4-5H2,1-3H3,(H,16,17). The Kier molecular flexibility index (Phi) is 3.23. The van der Waals surface area contributed by atoms with E-state index in [2.05, 4.69) is 10.3 Å². The summed E-state index contributed by atoms with van der Waals surface area (Å²) in [5, 5.41) is 12.3. The lowest BCUT2D eigenvalue weighted by atomic mass is 9.97. The van der Waals surface area contributed by atoms with Crippen molar-refractivity contribution in [3.63, 3.8) is 0 Å². The predicted octanol–water partition coefficient (Wildman–Crippen LogP) is 2.12. The first-order valence-corrected chi connectivity index (χ1v) is 5.86. The molecule has 18 heavy (non-hydrogen) atoms. The number of rotatable bonds is 3. The first kappa shape index (κ1) is 12.4. The average Bonchev–Trinajstić information content (AvgIpc) is 2.32. The third kappa shape index (κ3) is 2.03. The van der Waals surface area contributed by atoms with Crippen molar-refractivity contribution < 1.29 is 14.6 Å². The van der Waals surface area contributed by atoms with Gasteiger partial charge in [-0.15, -0.1) is 0 Å². The molecule has 2 rings (SSSR count). The molecule has 5 nitrogen and oxygen atoms in total. The monoisotopic (exact) mass is 248 g/mol. The maximum Gasteiger partial charge on any atom is 0.333 e. The van der Waals surface area contributed by atoms with Gasteiger partial charge in [-0.1, -0.05) is 0 Å². The molecule has 0 aromatic carbocycles. The van der Waals surface area contributed by atoms with E-state index in [-0.39, 0.29) is 0 Å². The van der Waals surface area contributed by atoms with Gasteiger partial charge in [0.05, 0.1) is 17.9 Å². The Morgan fingerprint density at radius 3 is 2.89 bits per heavy atom. The Morgan fingerprint density at radius 2 is 2.28 bits per heavy atom. The molecule has 0 aliphatic carbocycles. The molecule has 1 aliphatic heterocycles. The Morgan fingerprint density at radius 1 is 1.56 bits per heavy atom. The summed E-state index contributed by atoms with van der Waals surface area (Å²) in [4.78, 5) is 15.4. The van der Waals surface area contributed by atoms with E-state index in [1.54, 1.807) is 13.1 Å². The Labute approximate surface area is 105 Å². The topological polar surface area (TPSA) is 71.5 Å². The fourth-order valence-electron chi connectivity index (χ4n) is 2.05. The number of ether oxygens (including phenoxy) is 1. The first-order valence-electron chi connectivity index (χ1n) is 5.86. The molecule has 0 radical (unpaired) electrons. The van der Waals surface area contributed by atoms with Crippen molar-refractivity contribution >= 4 is 11.7 Å². The zero-order chi connectivity index (χ0) is 13.3. The Balaban J connectivity index is 2.50. The third-order valence-electron chi connectivity index (χ3n) is 2.99. The molecular weight excluding hydrogens is 232 g/mol. The van der Waals surface area contributed by atoms with Crippen molar-refractivity contribution in [1.29, 1.82) is 0 Å². The lowest BCUT2D eigenvalue weighted by Crippen LogP contribution is -2.19. The van der Waals surface area contributed by atoms with Crippen LogP contribution in [-0.4, -0.2) is 22.7 Å². The normalized spacial score (nSPS) is 13.9. The maximum absolute atomic E-state index is 11.2. The Bertz CT molecular complexity index is 535. The predicted molar refractivity (Wildman–Crippen MR) is 67.8 cm³/mol. The van der Waals surface area contributed by atoms with Crippen molar-refractivity contribution in [1.82, 2.24) is 4.98 Å². The highest BCUT2D eigenvalue weighted by molar-refractivity contribution is 5.91. The largest absolute Gasteiger partial charge is 0.478 e. The van der Waals surface area contributed by atoms with Crippen molar-refractivity contribution in [2.75, 3.05) is 11.9 Å². The van der Waals surface area contributed by atoms with Crippen LogP contribution in [0.1, 0.15) is 25.0 Å². The van der Waals surface area contributed by atoms with Crippen LogP contribution >= 0.6 is 0 Å². The number of hydrogen-bond acceptors (Lipinski definition) is 4. The molecule has 0 fully saturated rings. The van der Waals surface area contributed by atoms with E-state index in [0.29, 0.717) is 30.2 Å². The molecule has 0 bridgehead atoms. The number of anilines is 1. The molecular formula is C13H16N2O3. The molecule has 0 unspecified atom stereocenters. The summed E-state index contributed by atoms with van der Waals surface area (Å²) >= 11 is 0. The van der Waals surface area contributed by atoms with Crippen LogP contribution in [0.2, 0.25) is 0 Å². The van der Waals surface area contributed by atoms with Gasteiger partial charge in [-0.2, -0.15) is 0 Å². The molecule has 0 atom stereocenters. The smallest absolute Gasteiger partial charge is 0.333 e. The number of aryl methyl sites for hydroxylation is 1. The molecule has 2 heterocycles. The van der Waals surface area contributed by atoms with Crippen LogP contribution < -0.4 is 10.1 Å². The summed E-state index contributed by atoms with van der Waals surface area (Å²) in [7, 11) is 0. The fourth-order valence-corrected chi connectivity index (χ4v) is 2.05. The van der Waals surface area contributed by atoms with Crippen LogP contribution in [0.25, 0.3) is 0 Å². The summed E-state index contributed by atoms with van der Waals surface area (Å²) in [6.45, 7) is 6.09. The number of carboxylic acid groups (broad SMARTS) is 1. The molecule has 5 heteroatoms. The number of hydrogen-bond donors (Lipinski definition) is 2. The van der Waals surface area contributed by atoms with E-state index in [1.807, 2.05) is 13.8 Å². The molecule has 1 aromatic heterocycles. The second-order valence-corrected chi connectivity index (χ2v) is 4.24. The van der Waals surface area contributed by atoms with Crippen LogP contribution in [0.15, 0.2) is 17.5 Å². The average molecular weight is 248 g/mol. The van der Waals surface area contributed by atoms with Crippen LogP contribution in [0, 0.1) is 6.92 Å². The lowest BCUT2D eigenvalue weighted by molar-refractivity contribution is -0.132. The van der Waals surface area contributed by atoms with Gasteiger partial charge in [0.25, 0.3) is 0 Å². The Hall–Kier alpha value is -2.04. The number of aromatic nitrogens is 1. The zero-order valence-electron chi connectivity index (χ0n) is 10.7. The molecule has 0 spiro atoms. The first-order chi connectivity index (χ1) is 8.54. The minimum Gasteiger partial charge on any atom is -0.478 e. The van der Waals surface area contributed by atoms with Crippen molar-refractivity contribution in [3.05, 3.63) is 28.6 Å². The van der Waals surface area contributed by atoms with Crippen molar-refractivity contribution in [2.45, 2.75) is 27.2 Å². The SMILES string of the molecule is CCOc1ncc(C)c2c1CC(C(=O)O)=C(C)N2. The molecule has 1 aliphatic rings. The molecule has 2 N–H and O–H groups in total. The molecule has 0 saturated heterocycles. The fraction of sp³-hybridized carbons (Fsp3) is 0.385. The van der Waals surface area contributed by atoms with Gasteiger partial charge in [-0.25, -0.2) is 9.78 Å². The van der Waals surface area contributed by atoms with Gasteiger partial charge in [0.2, 0.25) is 5.88 Å². The van der Waals surface area contributed by atoms with E-state index >= 15 is 0 Å². The third-order valence-corrected chi connectivity index (χ3v) is 2.99. The summed E-state index contributed by atoms with van der Waals surface area (Å²) in [5.74, 6) is -0.397. The number of nitrogens with zero attached hydrogens (tertiary/aromatic N) is 1. The summed E-state index contributed by atoms with van der Waals surface area (Å²) in [6, 6.07) is 0. The highest BCUT2D eigenvalue weighted by Crippen LogP contribution is 2.35. The molecule has 0 amide bonds. The quantitative estimate of drug-likeness (QED) is 0.857. The van der Waals surface area contributed by atoms with Gasteiger partial charge in [0.15, 0.2) is 0 Å². The van der Waals surface area contributed by atoms with Crippen LogP contribution in [0.5, 0.6) is 5.88 Å². The highest BCUT2D eigenvalue weighted by Gasteiger charge is 2.24. The van der Waals surface area contributed by atoms with Gasteiger partial charge in [0, 0.05) is 23.9 Å². The van der Waals surface area contributed by atoms with Gasteiger partial charge >= 0.3 is 5.97 Å². The van der Waals surface area contributed by atoms with Gasteiger partial charge in [-0.05, 0) is 26.3 Å². The van der Waals surface area contributed by atoms with Crippen LogP contribution in [0.4, 0.5) is 5.69 Å². The number of pyridine rings is 1. The van der Waals surface area contributed by atoms with Crippen molar-refractivity contribution in [3.8, 4) is 5.88 Å². The summed E-state index contributed by atoms with van der Waals surface area (Å²) < 4.78 is 5.46. The van der Waals surface area contributed by atoms with Gasteiger partial charge < -0.3 is 15.2 Å². The summed E-state index contributed by atoms with van der Waals surface area (Å²) in [5.41, 5.74) is 3.75. The van der Waals surface area contributed by atoms with E-state index in [0.717, 1.165) is 16.8 Å². The number of carbonyl (C=O) groups is 1. The van der Waals surface area contributed by atoms with Gasteiger partial charge in [0.1, 0.15) is 0 Å². The maximum atomic E-state index is 11.2. The number of allylic oxidation sites excluding steroid dienone is 1. The number of fused-ring (bicyclic) bond motifs is 1. The molecule has 96 valence electrons. The van der Waals surface area contributed by atoms with Crippen LogP contribution in [0.3, 0.4) is 0 Å². The minimum absolute atomic E-state index is 0.341. The highest BCUT2D eigenvalue weighted by atomic mass is 16.5. The second-order valence-electron chi connectivity index (χ2n) is 4.24. The number of nitrogens with one attached hydrogen (secondary N) is 1. The summed E-state index contributed by atoms with van der Waals surface area (Å²) in [6.07, 6.45) is 2.07.